The predicted molar refractivity (Wildman–Crippen MR) is 110 cm³/mol. The normalized spacial score (nSPS) is 20.2. The van der Waals surface area contributed by atoms with E-state index in [2.05, 4.69) is 14.8 Å². The molecule has 0 saturated carbocycles. The van der Waals surface area contributed by atoms with Gasteiger partial charge in [0.05, 0.1) is 16.0 Å². The highest BCUT2D eigenvalue weighted by Gasteiger charge is 2.34. The van der Waals surface area contributed by atoms with E-state index in [1.54, 1.807) is 28.7 Å². The van der Waals surface area contributed by atoms with E-state index in [1.165, 1.54) is 10.4 Å². The van der Waals surface area contributed by atoms with Gasteiger partial charge in [0.25, 0.3) is 15.9 Å². The van der Waals surface area contributed by atoms with Crippen LogP contribution in [-0.2, 0) is 10.2 Å². The van der Waals surface area contributed by atoms with Crippen molar-refractivity contribution in [2.45, 2.75) is 0 Å². The molecule has 0 N–H and O–H groups in total. The van der Waals surface area contributed by atoms with Gasteiger partial charge in [-0.1, -0.05) is 0 Å². The van der Waals surface area contributed by atoms with E-state index in [4.69, 9.17) is 0 Å². The molecule has 3 heterocycles. The number of likely N-dealkylation sites (N-methyl/N-ethyl adjacent to an activating group) is 1. The van der Waals surface area contributed by atoms with Gasteiger partial charge in [-0.2, -0.15) is 17.0 Å². The number of benzene rings is 1. The zero-order chi connectivity index (χ0) is 20.6. The van der Waals surface area contributed by atoms with Crippen molar-refractivity contribution < 1.29 is 13.3 Å². The summed E-state index contributed by atoms with van der Waals surface area (Å²) in [6.45, 7) is 4.26. The SMILES string of the molecule is CN1CCN(S(=O)(=O)N2CCN(c3ccc([N+](=O)[O-])c4cccnc34)CC2)CC1. The molecule has 0 aliphatic carbocycles. The summed E-state index contributed by atoms with van der Waals surface area (Å²) < 4.78 is 29.0. The van der Waals surface area contributed by atoms with Gasteiger partial charge in [0.2, 0.25) is 0 Å². The highest BCUT2D eigenvalue weighted by Crippen LogP contribution is 2.32. The van der Waals surface area contributed by atoms with Gasteiger partial charge < -0.3 is 9.80 Å². The number of nitro groups is 1. The van der Waals surface area contributed by atoms with Crippen LogP contribution in [0.3, 0.4) is 0 Å². The molecule has 0 unspecified atom stereocenters. The van der Waals surface area contributed by atoms with Crippen LogP contribution in [0.4, 0.5) is 11.4 Å². The highest BCUT2D eigenvalue weighted by molar-refractivity contribution is 7.86. The molecular weight excluding hydrogens is 396 g/mol. The molecule has 10 nitrogen and oxygen atoms in total. The first-order chi connectivity index (χ1) is 13.9. The Labute approximate surface area is 169 Å². The predicted octanol–water partition coefficient (Wildman–Crippen LogP) is 0.757. The summed E-state index contributed by atoms with van der Waals surface area (Å²) in [4.78, 5) is 19.4. The molecule has 0 atom stereocenters. The topological polar surface area (TPSA) is 103 Å². The van der Waals surface area contributed by atoms with Crippen LogP contribution in [0.2, 0.25) is 0 Å². The van der Waals surface area contributed by atoms with E-state index < -0.39 is 15.1 Å². The molecule has 2 fully saturated rings. The lowest BCUT2D eigenvalue weighted by molar-refractivity contribution is -0.383. The first-order valence-corrected chi connectivity index (χ1v) is 11.0. The molecule has 0 amide bonds. The molecule has 156 valence electrons. The molecule has 1 aromatic carbocycles. The van der Waals surface area contributed by atoms with Gasteiger partial charge in [0.15, 0.2) is 0 Å². The number of fused-ring (bicyclic) bond motifs is 1. The standard InChI is InChI=1S/C18H24N6O4S/c1-20-7-11-22(12-8-20)29(27,28)23-13-9-21(10-14-23)17-5-4-16(24(25)26)15-3-2-6-19-18(15)17/h2-6H,7-14H2,1H3. The van der Waals surface area contributed by atoms with Gasteiger partial charge in [-0.15, -0.1) is 0 Å². The number of nitro benzene ring substituents is 1. The van der Waals surface area contributed by atoms with Gasteiger partial charge in [-0.05, 0) is 25.2 Å². The first kappa shape index (κ1) is 20.0. The largest absolute Gasteiger partial charge is 0.367 e. The number of hydrogen-bond donors (Lipinski definition) is 0. The Morgan fingerprint density at radius 2 is 1.59 bits per heavy atom. The molecule has 0 radical (unpaired) electrons. The van der Waals surface area contributed by atoms with Crippen LogP contribution in [0.15, 0.2) is 30.5 Å². The number of aromatic nitrogens is 1. The van der Waals surface area contributed by atoms with Crippen molar-refractivity contribution in [1.82, 2.24) is 18.5 Å². The van der Waals surface area contributed by atoms with E-state index in [9.17, 15) is 18.5 Å². The molecule has 2 saturated heterocycles. The minimum Gasteiger partial charge on any atom is -0.367 e. The molecule has 0 bridgehead atoms. The fourth-order valence-corrected chi connectivity index (χ4v) is 5.47. The molecule has 2 aromatic rings. The lowest BCUT2D eigenvalue weighted by atomic mass is 10.1. The van der Waals surface area contributed by atoms with Gasteiger partial charge in [0.1, 0.15) is 5.52 Å². The van der Waals surface area contributed by atoms with Crippen molar-refractivity contribution >= 4 is 32.5 Å². The smallest absolute Gasteiger partial charge is 0.282 e. The molecule has 0 spiro atoms. The van der Waals surface area contributed by atoms with E-state index in [0.29, 0.717) is 50.2 Å². The van der Waals surface area contributed by atoms with Crippen molar-refractivity contribution in [3.8, 4) is 0 Å². The third-order valence-electron chi connectivity index (χ3n) is 5.62. The van der Waals surface area contributed by atoms with Gasteiger partial charge in [0, 0.05) is 64.6 Å². The van der Waals surface area contributed by atoms with E-state index in [-0.39, 0.29) is 5.69 Å². The van der Waals surface area contributed by atoms with Crippen LogP contribution in [-0.4, -0.2) is 91.2 Å². The van der Waals surface area contributed by atoms with Gasteiger partial charge in [-0.25, -0.2) is 0 Å². The molecule has 4 rings (SSSR count). The van der Waals surface area contributed by atoms with Crippen LogP contribution in [0, 0.1) is 10.1 Å². The van der Waals surface area contributed by atoms with Crippen molar-refractivity contribution in [1.29, 1.82) is 0 Å². The molecule has 2 aliphatic heterocycles. The average Bonchev–Trinajstić information content (AvgIpc) is 2.73. The lowest BCUT2D eigenvalue weighted by Crippen LogP contribution is -2.56. The first-order valence-electron chi connectivity index (χ1n) is 9.59. The van der Waals surface area contributed by atoms with Crippen LogP contribution in [0.1, 0.15) is 0 Å². The summed E-state index contributed by atoms with van der Waals surface area (Å²) in [5, 5.41) is 11.8. The fraction of sp³-hybridized carbons (Fsp3) is 0.500. The number of piperazine rings is 2. The minimum atomic E-state index is -3.47. The van der Waals surface area contributed by atoms with Crippen molar-refractivity contribution in [3.05, 3.63) is 40.6 Å². The summed E-state index contributed by atoms with van der Waals surface area (Å²) in [7, 11) is -1.47. The molecule has 1 aromatic heterocycles. The van der Waals surface area contributed by atoms with E-state index >= 15 is 0 Å². The van der Waals surface area contributed by atoms with Gasteiger partial charge in [-0.3, -0.25) is 15.1 Å². The Kier molecular flexibility index (Phi) is 5.38. The Hall–Kier alpha value is -2.34. The van der Waals surface area contributed by atoms with Gasteiger partial charge >= 0.3 is 0 Å². The summed E-state index contributed by atoms with van der Waals surface area (Å²) in [5.74, 6) is 0. The maximum Gasteiger partial charge on any atom is 0.282 e. The molecule has 11 heteroatoms. The second-order valence-electron chi connectivity index (χ2n) is 7.36. The summed E-state index contributed by atoms with van der Waals surface area (Å²) in [5.41, 5.74) is 1.38. The number of non-ortho nitro benzene ring substituents is 1. The second kappa shape index (κ2) is 7.82. The van der Waals surface area contributed by atoms with E-state index in [1.807, 2.05) is 7.05 Å². The Balaban J connectivity index is 1.52. The second-order valence-corrected chi connectivity index (χ2v) is 9.29. The third kappa shape index (κ3) is 3.78. The Bertz CT molecular complexity index is 1010. The number of hydrogen-bond acceptors (Lipinski definition) is 7. The monoisotopic (exact) mass is 420 g/mol. The third-order valence-corrected chi connectivity index (χ3v) is 7.65. The summed E-state index contributed by atoms with van der Waals surface area (Å²) in [6.07, 6.45) is 1.61. The van der Waals surface area contributed by atoms with Crippen LogP contribution in [0.5, 0.6) is 0 Å². The van der Waals surface area contributed by atoms with Crippen LogP contribution in [0.25, 0.3) is 10.9 Å². The number of pyridine rings is 1. The molecule has 2 aliphatic rings. The number of nitrogens with zero attached hydrogens (tertiary/aromatic N) is 6. The van der Waals surface area contributed by atoms with Crippen LogP contribution < -0.4 is 4.90 Å². The number of anilines is 1. The summed E-state index contributed by atoms with van der Waals surface area (Å²) >= 11 is 0. The minimum absolute atomic E-state index is 0.0214. The Morgan fingerprint density at radius 1 is 0.966 bits per heavy atom. The van der Waals surface area contributed by atoms with E-state index in [0.717, 1.165) is 18.8 Å². The maximum atomic E-state index is 12.9. The van der Waals surface area contributed by atoms with Crippen molar-refractivity contribution in [2.75, 3.05) is 64.3 Å². The Morgan fingerprint density at radius 3 is 2.21 bits per heavy atom. The molecular formula is C18H24N6O4S. The molecule has 29 heavy (non-hydrogen) atoms. The zero-order valence-electron chi connectivity index (χ0n) is 16.3. The summed E-state index contributed by atoms with van der Waals surface area (Å²) in [6, 6.07) is 6.57. The maximum absolute atomic E-state index is 12.9. The van der Waals surface area contributed by atoms with Crippen molar-refractivity contribution in [3.63, 3.8) is 0 Å². The quantitative estimate of drug-likeness (QED) is 0.531. The zero-order valence-corrected chi connectivity index (χ0v) is 17.1. The highest BCUT2D eigenvalue weighted by atomic mass is 32.2. The fourth-order valence-electron chi connectivity index (χ4n) is 3.90. The lowest BCUT2D eigenvalue weighted by Gasteiger charge is -2.39. The average molecular weight is 420 g/mol. The van der Waals surface area contributed by atoms with Crippen LogP contribution >= 0.6 is 0 Å². The van der Waals surface area contributed by atoms with Crippen molar-refractivity contribution in [2.24, 2.45) is 0 Å². The number of rotatable bonds is 4.